The minimum atomic E-state index is 0.421. The summed E-state index contributed by atoms with van der Waals surface area (Å²) in [6, 6.07) is 8.97. The van der Waals surface area contributed by atoms with Crippen LogP contribution < -0.4 is 0 Å². The van der Waals surface area contributed by atoms with Gasteiger partial charge in [0.1, 0.15) is 0 Å². The molecule has 0 aliphatic carbocycles. The molecule has 0 N–H and O–H groups in total. The Hall–Kier alpha value is -1.84. The zero-order valence-electron chi connectivity index (χ0n) is 9.24. The minimum Gasteiger partial charge on any atom is -0.380 e. The van der Waals surface area contributed by atoms with E-state index in [1.807, 2.05) is 26.0 Å². The molecule has 3 nitrogen and oxygen atoms in total. The van der Waals surface area contributed by atoms with Crippen molar-refractivity contribution in [3.05, 3.63) is 34.9 Å². The molecule has 15 heavy (non-hydrogen) atoms. The summed E-state index contributed by atoms with van der Waals surface area (Å²) >= 11 is 0. The Kier molecular flexibility index (Phi) is 6.63. The summed E-state index contributed by atoms with van der Waals surface area (Å²) in [6.07, 6.45) is 0. The van der Waals surface area contributed by atoms with E-state index in [0.29, 0.717) is 17.7 Å². The molecule has 1 aromatic rings. The molecule has 0 unspecified atom stereocenters. The second kappa shape index (κ2) is 7.55. The first-order chi connectivity index (χ1) is 7.30. The Labute approximate surface area is 90.5 Å². The third-order valence-electron chi connectivity index (χ3n) is 1.56. The van der Waals surface area contributed by atoms with Crippen LogP contribution in [0.1, 0.15) is 30.5 Å². The fourth-order valence-electron chi connectivity index (χ4n) is 1.07. The number of nitriles is 2. The SMILES string of the molecule is CC.COCc1cc(C#N)cc(C#N)c1. The van der Waals surface area contributed by atoms with Gasteiger partial charge in [0.25, 0.3) is 0 Å². The molecule has 1 rings (SSSR count). The molecule has 0 aliphatic rings. The van der Waals surface area contributed by atoms with Gasteiger partial charge in [0.05, 0.1) is 29.9 Å². The minimum absolute atomic E-state index is 0.421. The average Bonchev–Trinajstić information content (AvgIpc) is 2.31. The summed E-state index contributed by atoms with van der Waals surface area (Å²) < 4.78 is 4.91. The normalized spacial score (nSPS) is 8.07. The molecular formula is C12H14N2O. The van der Waals surface area contributed by atoms with E-state index in [1.54, 1.807) is 25.3 Å². The van der Waals surface area contributed by atoms with E-state index >= 15 is 0 Å². The largest absolute Gasteiger partial charge is 0.380 e. The van der Waals surface area contributed by atoms with Gasteiger partial charge >= 0.3 is 0 Å². The van der Waals surface area contributed by atoms with E-state index < -0.39 is 0 Å². The highest BCUT2D eigenvalue weighted by Crippen LogP contribution is 2.09. The quantitative estimate of drug-likeness (QED) is 0.740. The van der Waals surface area contributed by atoms with Crippen LogP contribution in [-0.4, -0.2) is 7.11 Å². The smallest absolute Gasteiger partial charge is 0.0992 e. The molecule has 0 aromatic heterocycles. The first-order valence-corrected chi connectivity index (χ1v) is 4.73. The van der Waals surface area contributed by atoms with Crippen molar-refractivity contribution in [3.63, 3.8) is 0 Å². The van der Waals surface area contributed by atoms with Gasteiger partial charge in [-0.25, -0.2) is 0 Å². The molecule has 0 radical (unpaired) electrons. The number of ether oxygens (including phenoxy) is 1. The summed E-state index contributed by atoms with van der Waals surface area (Å²) in [5.74, 6) is 0. The van der Waals surface area contributed by atoms with Crippen LogP contribution in [0.15, 0.2) is 18.2 Å². The second-order valence-corrected chi connectivity index (χ2v) is 2.58. The molecular weight excluding hydrogens is 188 g/mol. The first-order valence-electron chi connectivity index (χ1n) is 4.73. The van der Waals surface area contributed by atoms with Crippen molar-refractivity contribution in [1.82, 2.24) is 0 Å². The monoisotopic (exact) mass is 202 g/mol. The lowest BCUT2D eigenvalue weighted by atomic mass is 10.1. The van der Waals surface area contributed by atoms with E-state index in [9.17, 15) is 0 Å². The zero-order chi connectivity index (χ0) is 11.7. The fraction of sp³-hybridized carbons (Fsp3) is 0.333. The zero-order valence-corrected chi connectivity index (χ0v) is 9.24. The van der Waals surface area contributed by atoms with E-state index in [2.05, 4.69) is 0 Å². The molecule has 1 aromatic carbocycles. The summed E-state index contributed by atoms with van der Waals surface area (Å²) in [4.78, 5) is 0. The lowest BCUT2D eigenvalue weighted by Gasteiger charge is -2.00. The van der Waals surface area contributed by atoms with Gasteiger partial charge in [0, 0.05) is 7.11 Å². The maximum absolute atomic E-state index is 8.65. The lowest BCUT2D eigenvalue weighted by Crippen LogP contribution is -1.90. The number of methoxy groups -OCH3 is 1. The lowest BCUT2D eigenvalue weighted by molar-refractivity contribution is 0.185. The third kappa shape index (κ3) is 4.26. The molecule has 0 saturated carbocycles. The maximum Gasteiger partial charge on any atom is 0.0992 e. The number of hydrogen-bond acceptors (Lipinski definition) is 3. The van der Waals surface area contributed by atoms with Crippen LogP contribution in [-0.2, 0) is 11.3 Å². The van der Waals surface area contributed by atoms with Crippen LogP contribution in [0.3, 0.4) is 0 Å². The Bertz CT molecular complexity index is 353. The van der Waals surface area contributed by atoms with Crippen LogP contribution in [0.4, 0.5) is 0 Å². The molecule has 0 aliphatic heterocycles. The molecule has 0 heterocycles. The van der Waals surface area contributed by atoms with E-state index in [-0.39, 0.29) is 0 Å². The predicted octanol–water partition coefficient (Wildman–Crippen LogP) is 2.60. The highest BCUT2D eigenvalue weighted by atomic mass is 16.5. The van der Waals surface area contributed by atoms with Crippen molar-refractivity contribution in [1.29, 1.82) is 10.5 Å². The molecule has 0 saturated heterocycles. The van der Waals surface area contributed by atoms with Crippen molar-refractivity contribution < 1.29 is 4.74 Å². The topological polar surface area (TPSA) is 56.8 Å². The number of hydrogen-bond donors (Lipinski definition) is 0. The summed E-state index contributed by atoms with van der Waals surface area (Å²) in [7, 11) is 1.57. The predicted molar refractivity (Wildman–Crippen MR) is 57.9 cm³/mol. The Morgan fingerprint density at radius 1 is 1.07 bits per heavy atom. The van der Waals surface area contributed by atoms with Crippen LogP contribution in [0.2, 0.25) is 0 Å². The van der Waals surface area contributed by atoms with Gasteiger partial charge in [-0.1, -0.05) is 13.8 Å². The summed E-state index contributed by atoms with van der Waals surface area (Å²) in [5.41, 5.74) is 1.83. The number of nitrogens with zero attached hydrogens (tertiary/aromatic N) is 2. The van der Waals surface area contributed by atoms with Gasteiger partial charge in [-0.05, 0) is 23.8 Å². The van der Waals surface area contributed by atoms with E-state index in [4.69, 9.17) is 15.3 Å². The number of rotatable bonds is 2. The Balaban J connectivity index is 0.000000921. The van der Waals surface area contributed by atoms with Crippen molar-refractivity contribution in [3.8, 4) is 12.1 Å². The van der Waals surface area contributed by atoms with Crippen molar-refractivity contribution >= 4 is 0 Å². The molecule has 78 valence electrons. The van der Waals surface area contributed by atoms with Gasteiger partial charge in [-0.3, -0.25) is 0 Å². The van der Waals surface area contributed by atoms with Gasteiger partial charge in [0.15, 0.2) is 0 Å². The van der Waals surface area contributed by atoms with Gasteiger partial charge in [-0.2, -0.15) is 10.5 Å². The summed E-state index contributed by atoms with van der Waals surface area (Å²) in [5, 5.41) is 17.3. The Morgan fingerprint density at radius 2 is 1.53 bits per heavy atom. The van der Waals surface area contributed by atoms with Gasteiger partial charge in [-0.15, -0.1) is 0 Å². The first kappa shape index (κ1) is 13.2. The van der Waals surface area contributed by atoms with Crippen LogP contribution >= 0.6 is 0 Å². The molecule has 0 fully saturated rings. The van der Waals surface area contributed by atoms with Crippen molar-refractivity contribution in [2.75, 3.05) is 7.11 Å². The fourth-order valence-corrected chi connectivity index (χ4v) is 1.07. The van der Waals surface area contributed by atoms with Crippen LogP contribution in [0.25, 0.3) is 0 Å². The molecule has 0 amide bonds. The molecule has 0 atom stereocenters. The molecule has 0 bridgehead atoms. The number of benzene rings is 1. The van der Waals surface area contributed by atoms with E-state index in [0.717, 1.165) is 5.56 Å². The van der Waals surface area contributed by atoms with Crippen molar-refractivity contribution in [2.45, 2.75) is 20.5 Å². The second-order valence-electron chi connectivity index (χ2n) is 2.58. The van der Waals surface area contributed by atoms with E-state index in [1.165, 1.54) is 0 Å². The maximum atomic E-state index is 8.65. The highest BCUT2D eigenvalue weighted by Gasteiger charge is 1.99. The summed E-state index contributed by atoms with van der Waals surface area (Å²) in [6.45, 7) is 4.42. The average molecular weight is 202 g/mol. The Morgan fingerprint density at radius 3 is 1.87 bits per heavy atom. The van der Waals surface area contributed by atoms with Crippen LogP contribution in [0, 0.1) is 22.7 Å². The van der Waals surface area contributed by atoms with Crippen LogP contribution in [0.5, 0.6) is 0 Å². The highest BCUT2D eigenvalue weighted by molar-refractivity contribution is 5.42. The standard InChI is InChI=1S/C10H8N2O.C2H6/c1-13-7-10-3-8(5-11)2-9(4-10)6-12;1-2/h2-4H,7H2,1H3;1-2H3. The van der Waals surface area contributed by atoms with Gasteiger partial charge < -0.3 is 4.74 Å². The molecule has 0 spiro atoms. The third-order valence-corrected chi connectivity index (χ3v) is 1.56. The van der Waals surface area contributed by atoms with Gasteiger partial charge in [0.2, 0.25) is 0 Å². The molecule has 3 heteroatoms. The van der Waals surface area contributed by atoms with Crippen molar-refractivity contribution in [2.24, 2.45) is 0 Å².